The van der Waals surface area contributed by atoms with E-state index < -0.39 is 7.12 Å². The van der Waals surface area contributed by atoms with Crippen molar-refractivity contribution in [2.45, 2.75) is 65.3 Å². The standard InChI is InChI=1S/C17H29BN2O3/c1-15(2,3)21-14-13(20(8)9)10-12(11-19-14)18-22-16(4,5)17(6,7)23-18/h10-11H,1-9H3. The van der Waals surface area contributed by atoms with Gasteiger partial charge in [0.05, 0.1) is 16.9 Å². The van der Waals surface area contributed by atoms with Crippen molar-refractivity contribution >= 4 is 18.3 Å². The number of hydrogen-bond donors (Lipinski definition) is 0. The van der Waals surface area contributed by atoms with Crippen LogP contribution in [0.4, 0.5) is 5.69 Å². The summed E-state index contributed by atoms with van der Waals surface area (Å²) in [5.41, 5.74) is 0.775. The Morgan fingerprint density at radius 1 is 1.09 bits per heavy atom. The van der Waals surface area contributed by atoms with Crippen LogP contribution in [0, 0.1) is 0 Å². The molecule has 0 unspecified atom stereocenters. The van der Waals surface area contributed by atoms with Gasteiger partial charge in [-0.15, -0.1) is 0 Å². The molecule has 1 aromatic rings. The van der Waals surface area contributed by atoms with E-state index in [-0.39, 0.29) is 16.8 Å². The summed E-state index contributed by atoms with van der Waals surface area (Å²) in [6, 6.07) is 2.02. The summed E-state index contributed by atoms with van der Waals surface area (Å²) in [6.07, 6.45) is 1.77. The average molecular weight is 320 g/mol. The fourth-order valence-corrected chi connectivity index (χ4v) is 2.25. The molecule has 0 atom stereocenters. The number of anilines is 1. The molecule has 0 N–H and O–H groups in total. The molecule has 0 radical (unpaired) electrons. The minimum absolute atomic E-state index is 0.302. The van der Waals surface area contributed by atoms with E-state index >= 15 is 0 Å². The highest BCUT2D eigenvalue weighted by molar-refractivity contribution is 6.62. The van der Waals surface area contributed by atoms with Crippen LogP contribution in [0.5, 0.6) is 5.88 Å². The van der Waals surface area contributed by atoms with Crippen LogP contribution in [-0.2, 0) is 9.31 Å². The number of nitrogens with zero attached hydrogens (tertiary/aromatic N) is 2. The molecule has 1 aliphatic heterocycles. The Labute approximate surface area is 140 Å². The van der Waals surface area contributed by atoms with E-state index in [1.807, 2.05) is 73.5 Å². The van der Waals surface area contributed by atoms with Crippen molar-refractivity contribution in [2.24, 2.45) is 0 Å². The van der Waals surface area contributed by atoms with Gasteiger partial charge in [0, 0.05) is 25.8 Å². The Bertz CT molecular complexity index is 564. The molecule has 5 nitrogen and oxygen atoms in total. The largest absolute Gasteiger partial charge is 0.496 e. The highest BCUT2D eigenvalue weighted by atomic mass is 16.7. The Morgan fingerprint density at radius 2 is 1.61 bits per heavy atom. The van der Waals surface area contributed by atoms with Crippen LogP contribution in [0.15, 0.2) is 12.3 Å². The summed E-state index contributed by atoms with van der Waals surface area (Å²) in [5, 5.41) is 0. The summed E-state index contributed by atoms with van der Waals surface area (Å²) < 4.78 is 18.2. The lowest BCUT2D eigenvalue weighted by molar-refractivity contribution is 0.00578. The fraction of sp³-hybridized carbons (Fsp3) is 0.706. The molecule has 2 rings (SSSR count). The zero-order valence-corrected chi connectivity index (χ0v) is 15.9. The van der Waals surface area contributed by atoms with Crippen LogP contribution < -0.4 is 15.1 Å². The molecule has 2 heterocycles. The number of hydrogen-bond acceptors (Lipinski definition) is 5. The SMILES string of the molecule is CN(C)c1cc(B2OC(C)(C)C(C)(C)O2)cnc1OC(C)(C)C. The molecule has 0 bridgehead atoms. The summed E-state index contributed by atoms with van der Waals surface area (Å²) >= 11 is 0. The minimum atomic E-state index is -0.421. The van der Waals surface area contributed by atoms with Gasteiger partial charge in [-0.2, -0.15) is 0 Å². The molecule has 1 aromatic heterocycles. The highest BCUT2D eigenvalue weighted by Gasteiger charge is 2.52. The first-order valence-electron chi connectivity index (χ1n) is 8.04. The van der Waals surface area contributed by atoms with Gasteiger partial charge in [0.15, 0.2) is 0 Å². The predicted octanol–water partition coefficient (Wildman–Crippen LogP) is 2.62. The lowest BCUT2D eigenvalue weighted by Crippen LogP contribution is -2.41. The molecule has 1 saturated heterocycles. The van der Waals surface area contributed by atoms with Gasteiger partial charge in [-0.3, -0.25) is 0 Å². The lowest BCUT2D eigenvalue weighted by atomic mass is 9.80. The third kappa shape index (κ3) is 3.80. The Kier molecular flexibility index (Phi) is 4.46. The topological polar surface area (TPSA) is 43.8 Å². The number of rotatable bonds is 3. The van der Waals surface area contributed by atoms with Crippen LogP contribution >= 0.6 is 0 Å². The monoisotopic (exact) mass is 320 g/mol. The zero-order chi connectivity index (χ0) is 17.6. The smallest absolute Gasteiger partial charge is 0.470 e. The summed E-state index contributed by atoms with van der Waals surface area (Å²) in [6.45, 7) is 14.2. The van der Waals surface area contributed by atoms with Crippen molar-refractivity contribution in [3.63, 3.8) is 0 Å². The average Bonchev–Trinajstić information content (AvgIpc) is 2.56. The molecule has 1 fully saturated rings. The number of ether oxygens (including phenoxy) is 1. The third-order valence-electron chi connectivity index (χ3n) is 4.26. The van der Waals surface area contributed by atoms with E-state index in [4.69, 9.17) is 14.0 Å². The second kappa shape index (κ2) is 5.67. The van der Waals surface area contributed by atoms with Crippen LogP contribution in [-0.4, -0.2) is 43.0 Å². The van der Waals surface area contributed by atoms with Gasteiger partial charge in [0.25, 0.3) is 0 Å². The molecule has 0 aromatic carbocycles. The zero-order valence-electron chi connectivity index (χ0n) is 15.9. The molecule has 0 saturated carbocycles. The van der Waals surface area contributed by atoms with Crippen molar-refractivity contribution < 1.29 is 14.0 Å². The summed E-state index contributed by atoms with van der Waals surface area (Å²) in [7, 11) is 3.52. The van der Waals surface area contributed by atoms with E-state index in [1.54, 1.807) is 6.20 Å². The van der Waals surface area contributed by atoms with Crippen LogP contribution in [0.25, 0.3) is 0 Å². The molecular formula is C17H29BN2O3. The second-order valence-electron chi connectivity index (χ2n) is 8.29. The maximum absolute atomic E-state index is 6.10. The van der Waals surface area contributed by atoms with Gasteiger partial charge in [-0.05, 0) is 54.5 Å². The fourth-order valence-electron chi connectivity index (χ4n) is 2.25. The normalized spacial score (nSPS) is 19.8. The van der Waals surface area contributed by atoms with E-state index in [1.165, 1.54) is 0 Å². The quantitative estimate of drug-likeness (QED) is 0.801. The van der Waals surface area contributed by atoms with Crippen LogP contribution in [0.3, 0.4) is 0 Å². The van der Waals surface area contributed by atoms with E-state index in [0.717, 1.165) is 11.2 Å². The Hall–Kier alpha value is -1.27. The van der Waals surface area contributed by atoms with Crippen LogP contribution in [0.2, 0.25) is 0 Å². The first kappa shape index (κ1) is 18.1. The van der Waals surface area contributed by atoms with Crippen molar-refractivity contribution in [3.8, 4) is 5.88 Å². The molecule has 1 aliphatic rings. The third-order valence-corrected chi connectivity index (χ3v) is 4.26. The highest BCUT2D eigenvalue weighted by Crippen LogP contribution is 2.37. The van der Waals surface area contributed by atoms with Crippen molar-refractivity contribution in [1.29, 1.82) is 0 Å². The van der Waals surface area contributed by atoms with Gasteiger partial charge < -0.3 is 18.9 Å². The first-order chi connectivity index (χ1) is 10.3. The summed E-state index contributed by atoms with van der Waals surface area (Å²) in [5.74, 6) is 0.614. The summed E-state index contributed by atoms with van der Waals surface area (Å²) in [4.78, 5) is 6.49. The van der Waals surface area contributed by atoms with Gasteiger partial charge in [0.2, 0.25) is 5.88 Å². The maximum Gasteiger partial charge on any atom is 0.496 e. The number of aromatic nitrogens is 1. The molecule has 128 valence electrons. The first-order valence-corrected chi connectivity index (χ1v) is 8.04. The second-order valence-corrected chi connectivity index (χ2v) is 8.29. The Morgan fingerprint density at radius 3 is 2.04 bits per heavy atom. The van der Waals surface area contributed by atoms with Gasteiger partial charge in [-0.25, -0.2) is 4.98 Å². The Balaban J connectivity index is 2.34. The van der Waals surface area contributed by atoms with Crippen molar-refractivity contribution in [2.75, 3.05) is 19.0 Å². The maximum atomic E-state index is 6.10. The van der Waals surface area contributed by atoms with Crippen LogP contribution in [0.1, 0.15) is 48.5 Å². The molecule has 0 amide bonds. The van der Waals surface area contributed by atoms with E-state index in [2.05, 4.69) is 4.98 Å². The predicted molar refractivity (Wildman–Crippen MR) is 94.7 cm³/mol. The van der Waals surface area contributed by atoms with E-state index in [9.17, 15) is 0 Å². The van der Waals surface area contributed by atoms with Gasteiger partial charge in [-0.1, -0.05) is 0 Å². The lowest BCUT2D eigenvalue weighted by Gasteiger charge is -2.32. The van der Waals surface area contributed by atoms with E-state index in [0.29, 0.717) is 5.88 Å². The van der Waals surface area contributed by atoms with Gasteiger partial charge >= 0.3 is 7.12 Å². The molecule has 0 aliphatic carbocycles. The van der Waals surface area contributed by atoms with Crippen molar-refractivity contribution in [3.05, 3.63) is 12.3 Å². The van der Waals surface area contributed by atoms with Gasteiger partial charge in [0.1, 0.15) is 5.60 Å². The molecule has 6 heteroatoms. The van der Waals surface area contributed by atoms with Crippen molar-refractivity contribution in [1.82, 2.24) is 4.98 Å². The molecular weight excluding hydrogens is 291 g/mol. The molecule has 23 heavy (non-hydrogen) atoms. The molecule has 0 spiro atoms. The minimum Gasteiger partial charge on any atom is -0.470 e. The number of pyridine rings is 1.